The second-order valence-electron chi connectivity index (χ2n) is 4.89. The number of aromatic nitrogens is 2. The van der Waals surface area contributed by atoms with Gasteiger partial charge in [0.1, 0.15) is 11.3 Å². The van der Waals surface area contributed by atoms with Crippen molar-refractivity contribution in [3.8, 4) is 5.75 Å². The SMILES string of the molecule is O=C(NCc1ccc(F)cc1)c1[nH]c(=O)c2cccnc2c1O. The number of aromatic amines is 1. The molecule has 0 aliphatic rings. The second kappa shape index (κ2) is 5.88. The number of carbonyl (C=O) groups is 1. The molecule has 3 N–H and O–H groups in total. The van der Waals surface area contributed by atoms with E-state index in [0.29, 0.717) is 5.56 Å². The third-order valence-electron chi connectivity index (χ3n) is 3.35. The van der Waals surface area contributed by atoms with E-state index in [0.717, 1.165) is 0 Å². The summed E-state index contributed by atoms with van der Waals surface area (Å²) < 4.78 is 12.8. The molecular formula is C16H12FN3O3. The van der Waals surface area contributed by atoms with E-state index < -0.39 is 17.2 Å². The minimum Gasteiger partial charge on any atom is -0.504 e. The number of aromatic hydroxyl groups is 1. The first-order chi connectivity index (χ1) is 11.1. The van der Waals surface area contributed by atoms with Crippen molar-refractivity contribution in [1.82, 2.24) is 15.3 Å². The molecule has 0 radical (unpaired) electrons. The van der Waals surface area contributed by atoms with E-state index in [1.165, 1.54) is 36.5 Å². The van der Waals surface area contributed by atoms with Gasteiger partial charge in [-0.05, 0) is 29.8 Å². The number of rotatable bonds is 3. The maximum Gasteiger partial charge on any atom is 0.272 e. The van der Waals surface area contributed by atoms with Crippen molar-refractivity contribution in [2.24, 2.45) is 0 Å². The number of benzene rings is 1. The first kappa shape index (κ1) is 14.7. The van der Waals surface area contributed by atoms with Crippen molar-refractivity contribution in [3.63, 3.8) is 0 Å². The van der Waals surface area contributed by atoms with Gasteiger partial charge in [0.05, 0.1) is 5.39 Å². The minimum atomic E-state index is -0.656. The standard InChI is InChI=1S/C16H12FN3O3/c17-10-5-3-9(4-6-10)8-19-16(23)13-14(21)12-11(15(22)20-13)2-1-7-18-12/h1-7,21H,8H2,(H,19,23)(H,20,22). The van der Waals surface area contributed by atoms with E-state index in [9.17, 15) is 19.1 Å². The van der Waals surface area contributed by atoms with Gasteiger partial charge < -0.3 is 15.4 Å². The fourth-order valence-electron chi connectivity index (χ4n) is 2.17. The Balaban J connectivity index is 1.87. The molecule has 0 saturated heterocycles. The zero-order valence-corrected chi connectivity index (χ0v) is 11.8. The third-order valence-corrected chi connectivity index (χ3v) is 3.35. The van der Waals surface area contributed by atoms with Gasteiger partial charge in [0.2, 0.25) is 0 Å². The van der Waals surface area contributed by atoms with Gasteiger partial charge in [0.25, 0.3) is 11.5 Å². The highest BCUT2D eigenvalue weighted by Gasteiger charge is 2.17. The van der Waals surface area contributed by atoms with Gasteiger partial charge in [0.15, 0.2) is 11.4 Å². The predicted molar refractivity (Wildman–Crippen MR) is 81.6 cm³/mol. The lowest BCUT2D eigenvalue weighted by Gasteiger charge is -2.08. The number of fused-ring (bicyclic) bond motifs is 1. The molecule has 2 heterocycles. The maximum atomic E-state index is 12.8. The Hall–Kier alpha value is -3.22. The molecule has 0 spiro atoms. The molecular weight excluding hydrogens is 301 g/mol. The highest BCUT2D eigenvalue weighted by atomic mass is 19.1. The molecule has 0 unspecified atom stereocenters. The van der Waals surface area contributed by atoms with Crippen molar-refractivity contribution in [3.05, 3.63) is 70.0 Å². The lowest BCUT2D eigenvalue weighted by Crippen LogP contribution is -2.26. The van der Waals surface area contributed by atoms with Gasteiger partial charge in [-0.1, -0.05) is 12.1 Å². The third kappa shape index (κ3) is 2.89. The molecule has 1 aromatic carbocycles. The lowest BCUT2D eigenvalue weighted by molar-refractivity contribution is 0.0943. The normalized spacial score (nSPS) is 10.7. The molecule has 2 aromatic heterocycles. The summed E-state index contributed by atoms with van der Waals surface area (Å²) in [4.78, 5) is 30.4. The largest absolute Gasteiger partial charge is 0.504 e. The monoisotopic (exact) mass is 313 g/mol. The van der Waals surface area contributed by atoms with E-state index >= 15 is 0 Å². The molecule has 7 heteroatoms. The Bertz CT molecular complexity index is 935. The summed E-state index contributed by atoms with van der Waals surface area (Å²) in [5, 5.41) is 12.9. The van der Waals surface area contributed by atoms with Crippen LogP contribution >= 0.6 is 0 Å². The maximum absolute atomic E-state index is 12.8. The predicted octanol–water partition coefficient (Wildman–Crippen LogP) is 1.70. The van der Waals surface area contributed by atoms with Crippen LogP contribution in [0.1, 0.15) is 16.1 Å². The molecule has 3 rings (SSSR count). The van der Waals surface area contributed by atoms with Crippen molar-refractivity contribution in [2.75, 3.05) is 0 Å². The van der Waals surface area contributed by atoms with Gasteiger partial charge >= 0.3 is 0 Å². The van der Waals surface area contributed by atoms with Crippen molar-refractivity contribution >= 4 is 16.8 Å². The number of amides is 1. The molecule has 3 aromatic rings. The topological polar surface area (TPSA) is 95.1 Å². The van der Waals surface area contributed by atoms with Crippen LogP contribution < -0.4 is 10.9 Å². The van der Waals surface area contributed by atoms with Crippen LogP contribution in [0, 0.1) is 5.82 Å². The van der Waals surface area contributed by atoms with E-state index in [4.69, 9.17) is 0 Å². The molecule has 0 fully saturated rings. The van der Waals surface area contributed by atoms with Crippen LogP contribution in [-0.4, -0.2) is 21.0 Å². The van der Waals surface area contributed by atoms with E-state index in [1.54, 1.807) is 6.07 Å². The Labute approximate surface area is 129 Å². The molecule has 23 heavy (non-hydrogen) atoms. The van der Waals surface area contributed by atoms with Crippen LogP contribution in [0.2, 0.25) is 0 Å². The second-order valence-corrected chi connectivity index (χ2v) is 4.89. The first-order valence-corrected chi connectivity index (χ1v) is 6.79. The number of nitrogens with zero attached hydrogens (tertiary/aromatic N) is 1. The van der Waals surface area contributed by atoms with Crippen LogP contribution in [0.5, 0.6) is 5.75 Å². The summed E-state index contributed by atoms with van der Waals surface area (Å²) in [7, 11) is 0. The molecule has 0 saturated carbocycles. The number of hydrogen-bond acceptors (Lipinski definition) is 4. The van der Waals surface area contributed by atoms with Crippen LogP contribution in [0.25, 0.3) is 10.9 Å². The van der Waals surface area contributed by atoms with Gasteiger partial charge in [-0.3, -0.25) is 14.6 Å². The summed E-state index contributed by atoms with van der Waals surface area (Å²) in [6.07, 6.45) is 1.42. The smallest absolute Gasteiger partial charge is 0.272 e. The summed E-state index contributed by atoms with van der Waals surface area (Å²) in [5.41, 5.74) is -0.0372. The average Bonchev–Trinajstić information content (AvgIpc) is 2.57. The zero-order chi connectivity index (χ0) is 16.4. The van der Waals surface area contributed by atoms with Crippen LogP contribution in [0.4, 0.5) is 4.39 Å². The molecule has 116 valence electrons. The molecule has 6 nitrogen and oxygen atoms in total. The number of carbonyl (C=O) groups excluding carboxylic acids is 1. The zero-order valence-electron chi connectivity index (χ0n) is 11.8. The van der Waals surface area contributed by atoms with Gasteiger partial charge in [0, 0.05) is 12.7 Å². The van der Waals surface area contributed by atoms with Crippen LogP contribution in [-0.2, 0) is 6.54 Å². The average molecular weight is 313 g/mol. The number of hydrogen-bond donors (Lipinski definition) is 3. The quantitative estimate of drug-likeness (QED) is 0.686. The van der Waals surface area contributed by atoms with Crippen molar-refractivity contribution < 1.29 is 14.3 Å². The number of H-pyrrole nitrogens is 1. The van der Waals surface area contributed by atoms with Gasteiger partial charge in [-0.15, -0.1) is 0 Å². The van der Waals surface area contributed by atoms with E-state index in [-0.39, 0.29) is 29.0 Å². The fraction of sp³-hybridized carbons (Fsp3) is 0.0625. The summed E-state index contributed by atoms with van der Waals surface area (Å²) in [6.45, 7) is 0.126. The van der Waals surface area contributed by atoms with E-state index in [1.807, 2.05) is 0 Å². The fourth-order valence-corrected chi connectivity index (χ4v) is 2.17. The van der Waals surface area contributed by atoms with Crippen LogP contribution in [0.3, 0.4) is 0 Å². The van der Waals surface area contributed by atoms with Crippen molar-refractivity contribution in [1.29, 1.82) is 0 Å². The first-order valence-electron chi connectivity index (χ1n) is 6.79. The van der Waals surface area contributed by atoms with Gasteiger partial charge in [-0.2, -0.15) is 0 Å². The van der Waals surface area contributed by atoms with Crippen molar-refractivity contribution in [2.45, 2.75) is 6.54 Å². The highest BCUT2D eigenvalue weighted by molar-refractivity contribution is 6.00. The number of pyridine rings is 2. The molecule has 0 aliphatic heterocycles. The summed E-state index contributed by atoms with van der Waals surface area (Å²) in [6, 6.07) is 8.67. The molecule has 0 atom stereocenters. The lowest BCUT2D eigenvalue weighted by atomic mass is 10.2. The minimum absolute atomic E-state index is 0.0585. The molecule has 0 aliphatic carbocycles. The Morgan fingerprint density at radius 1 is 1.26 bits per heavy atom. The number of halogens is 1. The molecule has 0 bridgehead atoms. The summed E-state index contributed by atoms with van der Waals surface area (Å²) >= 11 is 0. The Kier molecular flexibility index (Phi) is 3.76. The van der Waals surface area contributed by atoms with Crippen LogP contribution in [0.15, 0.2) is 47.4 Å². The molecule has 1 amide bonds. The van der Waals surface area contributed by atoms with Gasteiger partial charge in [-0.25, -0.2) is 4.39 Å². The summed E-state index contributed by atoms with van der Waals surface area (Å²) in [5.74, 6) is -1.42. The number of nitrogens with one attached hydrogen (secondary N) is 2. The van der Waals surface area contributed by atoms with E-state index in [2.05, 4.69) is 15.3 Å². The Morgan fingerprint density at radius 2 is 2.00 bits per heavy atom. The Morgan fingerprint density at radius 3 is 2.74 bits per heavy atom. The highest BCUT2D eigenvalue weighted by Crippen LogP contribution is 2.22.